The van der Waals surface area contributed by atoms with E-state index in [4.69, 9.17) is 0 Å². The van der Waals surface area contributed by atoms with Crippen LogP contribution in [0.5, 0.6) is 0 Å². The summed E-state index contributed by atoms with van der Waals surface area (Å²) in [4.78, 5) is 0. The molecule has 0 amide bonds. The van der Waals surface area contributed by atoms with Crippen molar-refractivity contribution in [3.05, 3.63) is 69.8 Å². The molecule has 0 heterocycles. The normalized spacial score (nSPS) is 17.3. The Morgan fingerprint density at radius 3 is 2.23 bits per heavy atom. The van der Waals surface area contributed by atoms with Gasteiger partial charge < -0.3 is 0 Å². The van der Waals surface area contributed by atoms with Crippen LogP contribution in [0.25, 0.3) is 16.7 Å². The van der Waals surface area contributed by atoms with Crippen LogP contribution in [-0.4, -0.2) is 3.21 Å². The van der Waals surface area contributed by atoms with Crippen LogP contribution in [-0.2, 0) is 46.4 Å². The maximum absolute atomic E-state index is 2.55. The van der Waals surface area contributed by atoms with E-state index in [9.17, 15) is 0 Å². The quantitative estimate of drug-likeness (QED) is 0.311. The first-order chi connectivity index (χ1) is 16.6. The van der Waals surface area contributed by atoms with Gasteiger partial charge in [-0.25, -0.2) is 0 Å². The topological polar surface area (TPSA) is 0 Å². The van der Waals surface area contributed by atoms with E-state index in [-0.39, 0.29) is 10.8 Å². The van der Waals surface area contributed by atoms with Gasteiger partial charge in [0.05, 0.1) is 0 Å². The monoisotopic (exact) mass is 541 g/mol. The summed E-state index contributed by atoms with van der Waals surface area (Å²) in [5.41, 5.74) is 14.8. The molecule has 0 atom stereocenters. The Hall–Kier alpha value is -1.33. The number of rotatable bonds is 3. The van der Waals surface area contributed by atoms with Crippen molar-refractivity contribution in [2.24, 2.45) is 0 Å². The van der Waals surface area contributed by atoms with Gasteiger partial charge in [-0.15, -0.1) is 0 Å². The molecule has 5 rings (SSSR count). The SMILES string of the molecule is CCc1c(C2=CC=CC2)c(C(C)(C)C)[c]([Zr]=[C]2CCCCC2)c2c1-c1ccc(C(C)(C)C)cc1C2. The van der Waals surface area contributed by atoms with E-state index < -0.39 is 22.8 Å². The summed E-state index contributed by atoms with van der Waals surface area (Å²) < 4.78 is 3.81. The summed E-state index contributed by atoms with van der Waals surface area (Å²) >= 11 is -0.807. The molecule has 1 fully saturated rings. The molecule has 35 heavy (non-hydrogen) atoms. The van der Waals surface area contributed by atoms with E-state index in [1.54, 1.807) is 39.0 Å². The minimum atomic E-state index is -0.807. The third-order valence-electron chi connectivity index (χ3n) is 8.27. The van der Waals surface area contributed by atoms with Crippen LogP contribution < -0.4 is 3.27 Å². The van der Waals surface area contributed by atoms with E-state index in [0.29, 0.717) is 0 Å². The molecule has 0 radical (unpaired) electrons. The van der Waals surface area contributed by atoms with E-state index in [2.05, 4.69) is 84.9 Å². The molecule has 0 aromatic heterocycles. The summed E-state index contributed by atoms with van der Waals surface area (Å²) in [6.07, 6.45) is 17.5. The van der Waals surface area contributed by atoms with Gasteiger partial charge in [0.1, 0.15) is 0 Å². The molecular formula is C34H43Zr. The Kier molecular flexibility index (Phi) is 6.89. The zero-order valence-corrected chi connectivity index (χ0v) is 25.6. The van der Waals surface area contributed by atoms with Crippen LogP contribution in [0.2, 0.25) is 0 Å². The number of benzene rings is 2. The fourth-order valence-corrected chi connectivity index (χ4v) is 11.3. The molecule has 1 heteroatoms. The molecule has 0 bridgehead atoms. The van der Waals surface area contributed by atoms with Crippen LogP contribution in [0.4, 0.5) is 0 Å². The molecule has 3 aliphatic rings. The summed E-state index contributed by atoms with van der Waals surface area (Å²) in [7, 11) is 0. The van der Waals surface area contributed by atoms with Crippen LogP contribution >= 0.6 is 0 Å². The maximum atomic E-state index is 2.55. The van der Waals surface area contributed by atoms with Crippen molar-refractivity contribution in [1.29, 1.82) is 0 Å². The number of hydrogen-bond donors (Lipinski definition) is 0. The fraction of sp³-hybridized carbons (Fsp3) is 0.500. The Bertz CT molecular complexity index is 1240. The average molecular weight is 543 g/mol. The summed E-state index contributed by atoms with van der Waals surface area (Å²) in [5.74, 6) is 0. The molecular weight excluding hydrogens is 500 g/mol. The molecule has 0 aliphatic heterocycles. The standard InChI is InChI=1S/C28H33.C6H10.Zr/c1-8-22-25-20(15-19-16-21(27(2,3)4)13-14-23(19)25)17-24(28(5,6)7)26(22)18-11-9-10-12-18;1-2-4-6-5-3-1;/h9-11,13-14,16H,8,12,15H2,1-7H3;1-5H2;. The molecule has 0 unspecified atom stereocenters. The van der Waals surface area contributed by atoms with Gasteiger partial charge in [-0.1, -0.05) is 0 Å². The minimum absolute atomic E-state index is 0.161. The van der Waals surface area contributed by atoms with Crippen LogP contribution in [0.3, 0.4) is 0 Å². The van der Waals surface area contributed by atoms with Gasteiger partial charge in [0.15, 0.2) is 0 Å². The zero-order valence-electron chi connectivity index (χ0n) is 23.1. The first-order valence-electron chi connectivity index (χ1n) is 13.9. The van der Waals surface area contributed by atoms with Crippen molar-refractivity contribution in [2.75, 3.05) is 0 Å². The first kappa shape index (κ1) is 25.3. The van der Waals surface area contributed by atoms with Crippen molar-refractivity contribution in [2.45, 2.75) is 111 Å². The summed E-state index contributed by atoms with van der Waals surface area (Å²) in [6.45, 7) is 16.9. The molecule has 1 saturated carbocycles. The first-order valence-corrected chi connectivity index (χ1v) is 16.4. The van der Waals surface area contributed by atoms with E-state index in [0.717, 1.165) is 19.3 Å². The predicted molar refractivity (Wildman–Crippen MR) is 151 cm³/mol. The average Bonchev–Trinajstić information content (AvgIpc) is 3.46. The Morgan fingerprint density at radius 1 is 0.886 bits per heavy atom. The van der Waals surface area contributed by atoms with Crippen molar-refractivity contribution in [3.63, 3.8) is 0 Å². The summed E-state index contributed by atoms with van der Waals surface area (Å²) in [6, 6.07) is 7.44. The molecule has 2 aromatic carbocycles. The van der Waals surface area contributed by atoms with E-state index >= 15 is 0 Å². The predicted octanol–water partition coefficient (Wildman–Crippen LogP) is 8.60. The van der Waals surface area contributed by atoms with Crippen LogP contribution in [0, 0.1) is 0 Å². The van der Waals surface area contributed by atoms with E-state index in [1.165, 1.54) is 43.2 Å². The van der Waals surface area contributed by atoms with Crippen LogP contribution in [0.15, 0.2) is 36.4 Å². The summed E-state index contributed by atoms with van der Waals surface area (Å²) in [5, 5.41) is 0. The van der Waals surface area contributed by atoms with Gasteiger partial charge in [0.2, 0.25) is 0 Å². The van der Waals surface area contributed by atoms with Crippen LogP contribution in [0.1, 0.15) is 120 Å². The molecule has 2 aromatic rings. The molecule has 183 valence electrons. The van der Waals surface area contributed by atoms with E-state index in [1.807, 2.05) is 6.48 Å². The van der Waals surface area contributed by atoms with Crippen molar-refractivity contribution >= 4 is 12.1 Å². The van der Waals surface area contributed by atoms with Gasteiger partial charge >= 0.3 is 226 Å². The Balaban J connectivity index is 1.85. The van der Waals surface area contributed by atoms with Gasteiger partial charge in [0.25, 0.3) is 0 Å². The third kappa shape index (κ3) is 4.72. The van der Waals surface area contributed by atoms with Gasteiger partial charge in [-0.3, -0.25) is 0 Å². The second kappa shape index (κ2) is 9.52. The molecule has 0 nitrogen and oxygen atoms in total. The molecule has 0 spiro atoms. The number of allylic oxidation sites excluding steroid dienone is 4. The van der Waals surface area contributed by atoms with Gasteiger partial charge in [-0.2, -0.15) is 0 Å². The van der Waals surface area contributed by atoms with Gasteiger partial charge in [-0.05, 0) is 0 Å². The Labute approximate surface area is 225 Å². The van der Waals surface area contributed by atoms with Crippen molar-refractivity contribution in [1.82, 2.24) is 0 Å². The molecule has 3 aliphatic carbocycles. The van der Waals surface area contributed by atoms with Crippen molar-refractivity contribution < 1.29 is 22.8 Å². The van der Waals surface area contributed by atoms with Gasteiger partial charge in [0, 0.05) is 0 Å². The second-order valence-corrected chi connectivity index (χ2v) is 16.6. The third-order valence-corrected chi connectivity index (χ3v) is 12.3. The Morgan fingerprint density at radius 2 is 1.63 bits per heavy atom. The second-order valence-electron chi connectivity index (χ2n) is 13.0. The number of hydrogen-bond acceptors (Lipinski definition) is 0. The number of fused-ring (bicyclic) bond motifs is 3. The molecule has 0 N–H and O–H groups in total. The fourth-order valence-electron chi connectivity index (χ4n) is 6.51. The van der Waals surface area contributed by atoms with Crippen molar-refractivity contribution in [3.8, 4) is 11.1 Å². The molecule has 0 saturated heterocycles. The zero-order chi connectivity index (χ0) is 25.0.